The van der Waals surface area contributed by atoms with Crippen molar-refractivity contribution in [2.45, 2.75) is 32.6 Å². The maximum absolute atomic E-state index is 12.6. The Labute approximate surface area is 191 Å². The molecule has 0 radical (unpaired) electrons. The summed E-state index contributed by atoms with van der Waals surface area (Å²) in [6.07, 6.45) is 6.14. The molecule has 0 aliphatic rings. The molecule has 3 aromatic carbocycles. The molecule has 0 spiro atoms. The second-order valence-corrected chi connectivity index (χ2v) is 8.02. The molecule has 31 heavy (non-hydrogen) atoms. The van der Waals surface area contributed by atoms with Crippen molar-refractivity contribution >= 4 is 38.8 Å². The van der Waals surface area contributed by atoms with Crippen LogP contribution in [0.4, 0.5) is 0 Å². The van der Waals surface area contributed by atoms with E-state index < -0.39 is 0 Å². The normalized spacial score (nSPS) is 11.1. The molecule has 0 saturated carbocycles. The minimum atomic E-state index is -0.258. The lowest BCUT2D eigenvalue weighted by molar-refractivity contribution is 0.0957. The number of benzene rings is 3. The Balaban J connectivity index is 1.67. The van der Waals surface area contributed by atoms with Crippen molar-refractivity contribution in [3.8, 4) is 11.5 Å². The number of hydrogen-bond acceptors (Lipinski definition) is 4. The topological polar surface area (TPSA) is 59.9 Å². The highest BCUT2D eigenvalue weighted by molar-refractivity contribution is 9.10. The van der Waals surface area contributed by atoms with Crippen molar-refractivity contribution in [2.24, 2.45) is 5.10 Å². The van der Waals surface area contributed by atoms with Gasteiger partial charge in [-0.15, -0.1) is 0 Å². The quantitative estimate of drug-likeness (QED) is 0.208. The van der Waals surface area contributed by atoms with E-state index in [0.717, 1.165) is 33.7 Å². The number of unbranched alkanes of at least 4 members (excludes halogenated alkanes) is 3. The number of nitrogens with one attached hydrogen (secondary N) is 1. The van der Waals surface area contributed by atoms with Crippen LogP contribution in [0.1, 0.15) is 48.5 Å². The first-order chi connectivity index (χ1) is 15.1. The van der Waals surface area contributed by atoms with Crippen LogP contribution in [0.5, 0.6) is 11.5 Å². The predicted molar refractivity (Wildman–Crippen MR) is 129 cm³/mol. The zero-order chi connectivity index (χ0) is 22.1. The van der Waals surface area contributed by atoms with E-state index >= 15 is 0 Å². The van der Waals surface area contributed by atoms with Gasteiger partial charge in [-0.25, -0.2) is 5.43 Å². The summed E-state index contributed by atoms with van der Waals surface area (Å²) in [6, 6.07) is 17.1. The Bertz CT molecular complexity index is 1060. The molecule has 0 heterocycles. The Kier molecular flexibility index (Phi) is 8.47. The lowest BCUT2D eigenvalue weighted by Gasteiger charge is -2.13. The van der Waals surface area contributed by atoms with Gasteiger partial charge in [-0.05, 0) is 56.9 Å². The van der Waals surface area contributed by atoms with Crippen LogP contribution in [0.3, 0.4) is 0 Å². The Morgan fingerprint density at radius 1 is 1.10 bits per heavy atom. The monoisotopic (exact) mass is 482 g/mol. The van der Waals surface area contributed by atoms with Crippen LogP contribution in [0.15, 0.2) is 64.2 Å². The molecule has 1 N–H and O–H groups in total. The lowest BCUT2D eigenvalue weighted by Crippen LogP contribution is -2.17. The fourth-order valence-electron chi connectivity index (χ4n) is 3.31. The summed E-state index contributed by atoms with van der Waals surface area (Å²) in [5, 5.41) is 6.03. The van der Waals surface area contributed by atoms with E-state index in [0.29, 0.717) is 23.7 Å². The van der Waals surface area contributed by atoms with Gasteiger partial charge >= 0.3 is 0 Å². The second kappa shape index (κ2) is 11.5. The van der Waals surface area contributed by atoms with Gasteiger partial charge in [0.1, 0.15) is 0 Å². The summed E-state index contributed by atoms with van der Waals surface area (Å²) < 4.78 is 12.2. The van der Waals surface area contributed by atoms with Gasteiger partial charge < -0.3 is 9.47 Å². The van der Waals surface area contributed by atoms with Crippen LogP contribution in [-0.2, 0) is 0 Å². The van der Waals surface area contributed by atoms with E-state index in [4.69, 9.17) is 9.47 Å². The molecule has 162 valence electrons. The number of rotatable bonds is 10. The van der Waals surface area contributed by atoms with Crippen LogP contribution < -0.4 is 14.9 Å². The number of carbonyl (C=O) groups excluding carboxylic acids is 1. The standard InChI is InChI=1S/C25H27BrN2O3/c1-3-4-5-8-14-31-24-22(26)15-18(16-23(24)30-2)17-27-28-25(29)21-13-9-11-19-10-6-7-12-20(19)21/h6-7,9-13,15-17H,3-5,8,14H2,1-2H3,(H,28,29)/b27-17+. The van der Waals surface area contributed by atoms with E-state index in [1.807, 2.05) is 48.5 Å². The van der Waals surface area contributed by atoms with E-state index in [2.05, 4.69) is 33.4 Å². The summed E-state index contributed by atoms with van der Waals surface area (Å²) in [5.74, 6) is 1.04. The summed E-state index contributed by atoms with van der Waals surface area (Å²) in [4.78, 5) is 12.6. The molecule has 3 aromatic rings. The molecule has 0 aromatic heterocycles. The van der Waals surface area contributed by atoms with Gasteiger partial charge in [-0.3, -0.25) is 4.79 Å². The van der Waals surface area contributed by atoms with Gasteiger partial charge in [0.2, 0.25) is 0 Å². The number of methoxy groups -OCH3 is 1. The van der Waals surface area contributed by atoms with E-state index in [1.165, 1.54) is 12.8 Å². The van der Waals surface area contributed by atoms with Crippen molar-refractivity contribution < 1.29 is 14.3 Å². The number of fused-ring (bicyclic) bond motifs is 1. The zero-order valence-electron chi connectivity index (χ0n) is 17.9. The smallest absolute Gasteiger partial charge is 0.271 e. The van der Waals surface area contributed by atoms with Crippen molar-refractivity contribution in [1.29, 1.82) is 0 Å². The van der Waals surface area contributed by atoms with E-state index in [-0.39, 0.29) is 5.91 Å². The molecule has 0 saturated heterocycles. The minimum Gasteiger partial charge on any atom is -0.493 e. The number of nitrogens with zero attached hydrogens (tertiary/aromatic N) is 1. The highest BCUT2D eigenvalue weighted by atomic mass is 79.9. The Morgan fingerprint density at radius 3 is 2.71 bits per heavy atom. The maximum atomic E-state index is 12.6. The number of hydrogen-bond donors (Lipinski definition) is 1. The number of hydrazone groups is 1. The molecule has 1 amide bonds. The Morgan fingerprint density at radius 2 is 1.90 bits per heavy atom. The van der Waals surface area contributed by atoms with Gasteiger partial charge in [0, 0.05) is 5.56 Å². The number of ether oxygens (including phenoxy) is 2. The summed E-state index contributed by atoms with van der Waals surface area (Å²) >= 11 is 3.55. The van der Waals surface area contributed by atoms with Crippen molar-refractivity contribution in [2.75, 3.05) is 13.7 Å². The summed E-state index contributed by atoms with van der Waals surface area (Å²) in [6.45, 7) is 2.83. The first-order valence-corrected chi connectivity index (χ1v) is 11.2. The molecular weight excluding hydrogens is 456 g/mol. The predicted octanol–water partition coefficient (Wildman–Crippen LogP) is 6.33. The van der Waals surface area contributed by atoms with Crippen LogP contribution in [-0.4, -0.2) is 25.8 Å². The molecular formula is C25H27BrN2O3. The van der Waals surface area contributed by atoms with Gasteiger partial charge in [0.15, 0.2) is 11.5 Å². The molecule has 3 rings (SSSR count). The third-order valence-corrected chi connectivity index (χ3v) is 5.50. The number of halogens is 1. The van der Waals surface area contributed by atoms with Gasteiger partial charge in [0.25, 0.3) is 5.91 Å². The average molecular weight is 483 g/mol. The molecule has 6 heteroatoms. The zero-order valence-corrected chi connectivity index (χ0v) is 19.4. The molecule has 0 aliphatic heterocycles. The Hall–Kier alpha value is -2.86. The fourth-order valence-corrected chi connectivity index (χ4v) is 3.88. The van der Waals surface area contributed by atoms with Crippen LogP contribution >= 0.6 is 15.9 Å². The third kappa shape index (κ3) is 6.07. The van der Waals surface area contributed by atoms with Crippen LogP contribution in [0, 0.1) is 0 Å². The van der Waals surface area contributed by atoms with E-state index in [1.54, 1.807) is 19.4 Å². The fraction of sp³-hybridized carbons (Fsp3) is 0.280. The highest BCUT2D eigenvalue weighted by Crippen LogP contribution is 2.36. The molecule has 5 nitrogen and oxygen atoms in total. The molecule has 0 bridgehead atoms. The van der Waals surface area contributed by atoms with Crippen molar-refractivity contribution in [1.82, 2.24) is 5.43 Å². The first kappa shape index (κ1) is 22.8. The summed E-state index contributed by atoms with van der Waals surface area (Å²) in [5.41, 5.74) is 3.97. The maximum Gasteiger partial charge on any atom is 0.271 e. The number of carbonyl (C=O) groups is 1. The van der Waals surface area contributed by atoms with Crippen molar-refractivity contribution in [3.63, 3.8) is 0 Å². The third-order valence-electron chi connectivity index (χ3n) is 4.91. The van der Waals surface area contributed by atoms with Crippen molar-refractivity contribution in [3.05, 3.63) is 70.2 Å². The summed E-state index contributed by atoms with van der Waals surface area (Å²) in [7, 11) is 1.61. The molecule has 0 atom stereocenters. The first-order valence-electron chi connectivity index (χ1n) is 10.5. The van der Waals surface area contributed by atoms with E-state index in [9.17, 15) is 4.79 Å². The van der Waals surface area contributed by atoms with Crippen LogP contribution in [0.25, 0.3) is 10.8 Å². The average Bonchev–Trinajstić information content (AvgIpc) is 2.79. The molecule has 0 fully saturated rings. The second-order valence-electron chi connectivity index (χ2n) is 7.17. The van der Waals surface area contributed by atoms with Crippen LogP contribution in [0.2, 0.25) is 0 Å². The SMILES string of the molecule is CCCCCCOc1c(Br)cc(/C=N/NC(=O)c2cccc3ccccc23)cc1OC. The molecule has 0 unspecified atom stereocenters. The van der Waals surface area contributed by atoms with Gasteiger partial charge in [0.05, 0.1) is 24.4 Å². The van der Waals surface area contributed by atoms with Gasteiger partial charge in [-0.2, -0.15) is 5.10 Å². The highest BCUT2D eigenvalue weighted by Gasteiger charge is 2.12. The minimum absolute atomic E-state index is 0.258. The van der Waals surface area contributed by atoms with Gasteiger partial charge in [-0.1, -0.05) is 62.6 Å². The largest absolute Gasteiger partial charge is 0.493 e. The number of amides is 1. The lowest BCUT2D eigenvalue weighted by atomic mass is 10.0. The molecule has 0 aliphatic carbocycles.